The molecular formula is C23H31NO8. The van der Waals surface area contributed by atoms with Crippen LogP contribution in [0.1, 0.15) is 12.0 Å². The number of carbonyl (C=O) groups is 3. The van der Waals surface area contributed by atoms with E-state index in [0.717, 1.165) is 12.7 Å². The molecule has 0 bridgehead atoms. The quantitative estimate of drug-likeness (QED) is 0.0992. The molecule has 9 nitrogen and oxygen atoms in total. The molecule has 0 radical (unpaired) electrons. The zero-order valence-corrected chi connectivity index (χ0v) is 18.9. The monoisotopic (exact) mass is 449 g/mol. The van der Waals surface area contributed by atoms with E-state index in [4.69, 9.17) is 23.7 Å². The molecule has 0 aliphatic rings. The zero-order chi connectivity index (χ0) is 23.9. The third-order valence-electron chi connectivity index (χ3n) is 4.49. The van der Waals surface area contributed by atoms with Crippen molar-refractivity contribution in [3.05, 3.63) is 60.3 Å². The van der Waals surface area contributed by atoms with Crippen LogP contribution in [-0.4, -0.2) is 76.5 Å². The van der Waals surface area contributed by atoms with Crippen molar-refractivity contribution in [2.75, 3.05) is 41.6 Å². The second-order valence-electron chi connectivity index (χ2n) is 6.60. The Labute approximate surface area is 188 Å². The summed E-state index contributed by atoms with van der Waals surface area (Å²) in [6.07, 6.45) is 2.22. The van der Waals surface area contributed by atoms with Crippen molar-refractivity contribution in [1.82, 2.24) is 4.90 Å². The van der Waals surface area contributed by atoms with Crippen LogP contribution in [-0.2, 0) is 44.7 Å². The van der Waals surface area contributed by atoms with Gasteiger partial charge in [-0.1, -0.05) is 36.4 Å². The van der Waals surface area contributed by atoms with Gasteiger partial charge in [-0.15, -0.1) is 6.58 Å². The molecule has 0 aromatic heterocycles. The molecule has 0 aliphatic heterocycles. The Kier molecular flexibility index (Phi) is 12.6. The summed E-state index contributed by atoms with van der Waals surface area (Å²) in [5.74, 6) is -2.05. The molecule has 9 heteroatoms. The molecule has 32 heavy (non-hydrogen) atoms. The minimum atomic E-state index is -0.872. The molecule has 1 rings (SSSR count). The number of methoxy groups -OCH3 is 4. The summed E-state index contributed by atoms with van der Waals surface area (Å²) in [6, 6.07) is 8.42. The summed E-state index contributed by atoms with van der Waals surface area (Å²) in [6.45, 7) is 3.53. The second kappa shape index (κ2) is 14.9. The normalized spacial score (nSPS) is 12.2. The van der Waals surface area contributed by atoms with Crippen LogP contribution in [0, 0.1) is 0 Å². The molecule has 0 aliphatic carbocycles. The number of rotatable bonds is 15. The summed E-state index contributed by atoms with van der Waals surface area (Å²) in [5.41, 5.74) is 0.592. The average Bonchev–Trinajstić information content (AvgIpc) is 2.82. The second-order valence-corrected chi connectivity index (χ2v) is 6.60. The van der Waals surface area contributed by atoms with Gasteiger partial charge < -0.3 is 28.6 Å². The van der Waals surface area contributed by atoms with E-state index in [9.17, 15) is 14.4 Å². The van der Waals surface area contributed by atoms with E-state index >= 15 is 0 Å². The lowest BCUT2D eigenvalue weighted by molar-refractivity contribution is -0.150. The van der Waals surface area contributed by atoms with Crippen molar-refractivity contribution in [3.63, 3.8) is 0 Å². The Morgan fingerprint density at radius 2 is 1.69 bits per heavy atom. The van der Waals surface area contributed by atoms with Crippen LogP contribution in [0.5, 0.6) is 0 Å². The Morgan fingerprint density at radius 1 is 1.03 bits per heavy atom. The first-order valence-electron chi connectivity index (χ1n) is 9.86. The number of carbonyl (C=O) groups excluding carboxylic acids is 3. The maximum atomic E-state index is 12.8. The number of Topliss-reactive ketones (excluding diaryl/α,β-unsaturated/α-hetero) is 1. The zero-order valence-electron chi connectivity index (χ0n) is 18.9. The van der Waals surface area contributed by atoms with Crippen molar-refractivity contribution in [3.8, 4) is 0 Å². The predicted molar refractivity (Wildman–Crippen MR) is 116 cm³/mol. The molecule has 1 aromatic rings. The van der Waals surface area contributed by atoms with Gasteiger partial charge in [0.2, 0.25) is 0 Å². The first kappa shape index (κ1) is 27.0. The Morgan fingerprint density at radius 3 is 2.22 bits per heavy atom. The van der Waals surface area contributed by atoms with Crippen LogP contribution in [0.15, 0.2) is 54.8 Å². The van der Waals surface area contributed by atoms with E-state index in [1.165, 1.54) is 38.5 Å². The minimum absolute atomic E-state index is 0.0270. The summed E-state index contributed by atoms with van der Waals surface area (Å²) in [4.78, 5) is 39.0. The van der Waals surface area contributed by atoms with Gasteiger partial charge in [0.15, 0.2) is 12.1 Å². The summed E-state index contributed by atoms with van der Waals surface area (Å²) in [7, 11) is 5.27. The lowest BCUT2D eigenvalue weighted by Crippen LogP contribution is -2.44. The summed E-state index contributed by atoms with van der Waals surface area (Å²) >= 11 is 0. The largest absolute Gasteiger partial charge is 0.467 e. The first-order valence-corrected chi connectivity index (χ1v) is 9.86. The number of nitrogens with zero attached hydrogens (tertiary/aromatic N) is 1. The summed E-state index contributed by atoms with van der Waals surface area (Å²) < 4.78 is 25.5. The van der Waals surface area contributed by atoms with E-state index in [-0.39, 0.29) is 31.8 Å². The van der Waals surface area contributed by atoms with Gasteiger partial charge in [-0.3, -0.25) is 4.79 Å². The first-order chi connectivity index (χ1) is 15.4. The SMILES string of the molecule is C=CC[C@@H](C(=O)OC)N(/C=C(\C(=O)COCc1ccccc1)C(=O)OC)CC(OC)OC. The van der Waals surface area contributed by atoms with Crippen molar-refractivity contribution in [2.24, 2.45) is 0 Å². The highest BCUT2D eigenvalue weighted by atomic mass is 16.7. The number of esters is 2. The standard InChI is InChI=1S/C23H31NO8/c1-6-10-19(23(27)31-5)24(14-21(28-2)29-3)13-18(22(26)30-4)20(25)16-32-15-17-11-8-7-9-12-17/h6-9,11-13,19,21H,1,10,14-16H2,2-5H3/b18-13+/t19-/m0/s1. The molecule has 0 saturated carbocycles. The third kappa shape index (κ3) is 8.62. The molecular weight excluding hydrogens is 418 g/mol. The highest BCUT2D eigenvalue weighted by Gasteiger charge is 2.29. The summed E-state index contributed by atoms with van der Waals surface area (Å²) in [5, 5.41) is 0. The molecule has 0 N–H and O–H groups in total. The fraction of sp³-hybridized carbons (Fsp3) is 0.435. The Hall–Kier alpha value is -3.01. The van der Waals surface area contributed by atoms with Crippen LogP contribution in [0.2, 0.25) is 0 Å². The maximum absolute atomic E-state index is 12.8. The van der Waals surface area contributed by atoms with Gasteiger partial charge in [0.25, 0.3) is 0 Å². The molecule has 0 fully saturated rings. The molecule has 1 atom stereocenters. The maximum Gasteiger partial charge on any atom is 0.343 e. The fourth-order valence-electron chi connectivity index (χ4n) is 2.78. The van der Waals surface area contributed by atoms with Gasteiger partial charge in [0.05, 0.1) is 27.4 Å². The highest BCUT2D eigenvalue weighted by molar-refractivity contribution is 6.17. The van der Waals surface area contributed by atoms with E-state index in [2.05, 4.69) is 6.58 Å². The average molecular weight is 450 g/mol. The topological polar surface area (TPSA) is 101 Å². The van der Waals surface area contributed by atoms with E-state index in [0.29, 0.717) is 0 Å². The molecule has 0 saturated heterocycles. The van der Waals surface area contributed by atoms with Crippen molar-refractivity contribution >= 4 is 17.7 Å². The highest BCUT2D eigenvalue weighted by Crippen LogP contribution is 2.15. The molecule has 0 spiro atoms. The van der Waals surface area contributed by atoms with Crippen LogP contribution in [0.3, 0.4) is 0 Å². The predicted octanol–water partition coefficient (Wildman–Crippen LogP) is 1.87. The van der Waals surface area contributed by atoms with E-state index in [1.807, 2.05) is 30.3 Å². The van der Waals surface area contributed by atoms with Crippen LogP contribution in [0.4, 0.5) is 0 Å². The molecule has 1 aromatic carbocycles. The number of benzene rings is 1. The van der Waals surface area contributed by atoms with Crippen LogP contribution < -0.4 is 0 Å². The van der Waals surface area contributed by atoms with Crippen molar-refractivity contribution < 1.29 is 38.1 Å². The van der Waals surface area contributed by atoms with Crippen molar-refractivity contribution in [2.45, 2.75) is 25.4 Å². The Bertz CT molecular complexity index is 773. The minimum Gasteiger partial charge on any atom is -0.467 e. The lowest BCUT2D eigenvalue weighted by Gasteiger charge is -2.31. The van der Waals surface area contributed by atoms with Crippen molar-refractivity contribution in [1.29, 1.82) is 0 Å². The molecule has 0 heterocycles. The van der Waals surface area contributed by atoms with Gasteiger partial charge in [-0.25, -0.2) is 9.59 Å². The van der Waals surface area contributed by atoms with Crippen LogP contribution >= 0.6 is 0 Å². The van der Waals surface area contributed by atoms with Gasteiger partial charge in [-0.2, -0.15) is 0 Å². The molecule has 176 valence electrons. The number of hydrogen-bond acceptors (Lipinski definition) is 9. The van der Waals surface area contributed by atoms with E-state index in [1.54, 1.807) is 0 Å². The van der Waals surface area contributed by atoms with E-state index < -0.39 is 30.1 Å². The van der Waals surface area contributed by atoms with Crippen LogP contribution in [0.25, 0.3) is 0 Å². The van der Waals surface area contributed by atoms with Gasteiger partial charge >= 0.3 is 11.9 Å². The lowest BCUT2D eigenvalue weighted by atomic mass is 10.1. The molecule has 0 unspecified atom stereocenters. The van der Waals surface area contributed by atoms with Gasteiger partial charge in [-0.05, 0) is 12.0 Å². The number of ether oxygens (including phenoxy) is 5. The Balaban J connectivity index is 3.17. The fourth-order valence-corrected chi connectivity index (χ4v) is 2.78. The third-order valence-corrected chi connectivity index (χ3v) is 4.49. The number of hydrogen-bond donors (Lipinski definition) is 0. The van der Waals surface area contributed by atoms with Gasteiger partial charge in [0.1, 0.15) is 18.2 Å². The number of ketones is 1. The molecule has 0 amide bonds. The van der Waals surface area contributed by atoms with Gasteiger partial charge in [0, 0.05) is 20.4 Å². The smallest absolute Gasteiger partial charge is 0.343 e.